The van der Waals surface area contributed by atoms with Crippen LogP contribution >= 0.6 is 0 Å². The highest BCUT2D eigenvalue weighted by molar-refractivity contribution is 6.35. The third kappa shape index (κ3) is 8.14. The van der Waals surface area contributed by atoms with Crippen molar-refractivity contribution < 1.29 is 4.74 Å². The summed E-state index contributed by atoms with van der Waals surface area (Å²) in [7, 11) is 0.0871. The quantitative estimate of drug-likeness (QED) is 0.421. The monoisotopic (exact) mass is 147 g/mol. The number of ether oxygens (including phenoxy) is 1. The Bertz CT molecular complexity index is 46.3. The molecule has 0 rings (SSSR count). The maximum absolute atomic E-state index is 5.32. The predicted octanol–water partition coefficient (Wildman–Crippen LogP) is -0.0837. The number of hydrogen-bond acceptors (Lipinski definition) is 2. The lowest BCUT2D eigenvalue weighted by molar-refractivity contribution is 0.192. The van der Waals surface area contributed by atoms with Crippen LogP contribution < -0.4 is 5.73 Å². The van der Waals surface area contributed by atoms with E-state index < -0.39 is 0 Å². The van der Waals surface area contributed by atoms with Gasteiger partial charge in [-0.3, -0.25) is 0 Å². The Morgan fingerprint density at radius 2 is 2.33 bits per heavy atom. The average molecular weight is 147 g/mol. The second kappa shape index (κ2) is 8.14. The van der Waals surface area contributed by atoms with Gasteiger partial charge < -0.3 is 10.5 Å². The fourth-order valence-electron chi connectivity index (χ4n) is 0.670. The van der Waals surface area contributed by atoms with Gasteiger partial charge in [0, 0.05) is 12.8 Å². The summed E-state index contributed by atoms with van der Waals surface area (Å²) in [4.78, 5) is 0. The second-order valence-corrected chi connectivity index (χ2v) is 3.87. The van der Waals surface area contributed by atoms with Gasteiger partial charge >= 0.3 is 0 Å². The van der Waals surface area contributed by atoms with Gasteiger partial charge in [-0.25, -0.2) is 0 Å². The number of nitrogens with two attached hydrogens (primary N) is 1. The van der Waals surface area contributed by atoms with Crippen molar-refractivity contribution in [2.24, 2.45) is 5.73 Å². The molecule has 0 aliphatic carbocycles. The lowest BCUT2D eigenvalue weighted by Gasteiger charge is -1.97. The summed E-state index contributed by atoms with van der Waals surface area (Å²) >= 11 is 0. The van der Waals surface area contributed by atoms with Gasteiger partial charge in [0.05, 0.1) is 9.52 Å². The van der Waals surface area contributed by atoms with E-state index in [-0.39, 0.29) is 9.52 Å². The number of rotatable bonds is 6. The van der Waals surface area contributed by atoms with E-state index in [0.29, 0.717) is 0 Å². The maximum atomic E-state index is 5.32. The van der Waals surface area contributed by atoms with Gasteiger partial charge in [0.2, 0.25) is 0 Å². The summed E-state index contributed by atoms with van der Waals surface area (Å²) in [6.45, 7) is 3.76. The van der Waals surface area contributed by atoms with Crippen molar-refractivity contribution >= 4 is 9.52 Å². The standard InChI is InChI=1S/C6H17NOSi/c1-2-8-6-9-5-3-4-7/h2-7,9H2,1H3. The minimum Gasteiger partial charge on any atom is -0.386 e. The summed E-state index contributed by atoms with van der Waals surface area (Å²) in [5.74, 6) is 0. The highest BCUT2D eigenvalue weighted by Crippen LogP contribution is 1.84. The van der Waals surface area contributed by atoms with E-state index in [1.165, 1.54) is 12.5 Å². The van der Waals surface area contributed by atoms with Crippen molar-refractivity contribution in [3.05, 3.63) is 0 Å². The molecule has 0 amide bonds. The molecule has 0 aromatic rings. The first kappa shape index (κ1) is 9.14. The van der Waals surface area contributed by atoms with Gasteiger partial charge in [-0.05, 0) is 19.9 Å². The molecule has 2 nitrogen and oxygen atoms in total. The summed E-state index contributed by atoms with van der Waals surface area (Å²) in [6.07, 6.45) is 2.23. The summed E-state index contributed by atoms with van der Waals surface area (Å²) < 4.78 is 5.20. The van der Waals surface area contributed by atoms with Crippen molar-refractivity contribution in [2.45, 2.75) is 19.4 Å². The van der Waals surface area contributed by atoms with Crippen LogP contribution in [0.5, 0.6) is 0 Å². The van der Waals surface area contributed by atoms with Crippen LogP contribution in [0.15, 0.2) is 0 Å². The molecule has 0 fully saturated rings. The molecule has 0 unspecified atom stereocenters. The van der Waals surface area contributed by atoms with Crippen molar-refractivity contribution in [3.8, 4) is 0 Å². The normalized spacial score (nSPS) is 11.3. The van der Waals surface area contributed by atoms with Gasteiger partial charge in [0.1, 0.15) is 0 Å². The molecule has 0 aromatic heterocycles. The SMILES string of the molecule is CCOC[SiH2]CCCN. The molecule has 9 heavy (non-hydrogen) atoms. The molecule has 0 spiro atoms. The molecule has 0 radical (unpaired) electrons. The van der Waals surface area contributed by atoms with E-state index in [2.05, 4.69) is 0 Å². The lowest BCUT2D eigenvalue weighted by atomic mass is 10.5. The van der Waals surface area contributed by atoms with Crippen molar-refractivity contribution in [1.82, 2.24) is 0 Å². The smallest absolute Gasteiger partial charge is 0.0516 e. The van der Waals surface area contributed by atoms with Crippen LogP contribution in [-0.4, -0.2) is 28.9 Å². The molecular weight excluding hydrogens is 130 g/mol. The molecule has 0 aliphatic heterocycles. The largest absolute Gasteiger partial charge is 0.386 e. The van der Waals surface area contributed by atoms with E-state index >= 15 is 0 Å². The van der Waals surface area contributed by atoms with E-state index in [4.69, 9.17) is 10.5 Å². The summed E-state index contributed by atoms with van der Waals surface area (Å²) in [5.41, 5.74) is 5.32. The molecular formula is C6H17NOSi. The van der Waals surface area contributed by atoms with Crippen LogP contribution in [0.1, 0.15) is 13.3 Å². The van der Waals surface area contributed by atoms with Crippen LogP contribution in [-0.2, 0) is 4.74 Å². The topological polar surface area (TPSA) is 35.2 Å². The van der Waals surface area contributed by atoms with Crippen LogP contribution in [0.4, 0.5) is 0 Å². The lowest BCUT2D eigenvalue weighted by Crippen LogP contribution is -2.06. The molecule has 2 N–H and O–H groups in total. The first-order chi connectivity index (χ1) is 4.41. The Labute approximate surface area is 59.6 Å². The fourth-order valence-corrected chi connectivity index (χ4v) is 2.01. The first-order valence-electron chi connectivity index (χ1n) is 3.69. The predicted molar refractivity (Wildman–Crippen MR) is 43.5 cm³/mol. The maximum Gasteiger partial charge on any atom is 0.0516 e. The molecule has 3 heteroatoms. The third-order valence-electron chi connectivity index (χ3n) is 1.20. The molecule has 0 aromatic carbocycles. The van der Waals surface area contributed by atoms with Crippen molar-refractivity contribution in [1.29, 1.82) is 0 Å². The zero-order valence-electron chi connectivity index (χ0n) is 6.23. The zero-order valence-corrected chi connectivity index (χ0v) is 7.64. The van der Waals surface area contributed by atoms with Crippen LogP contribution in [0.3, 0.4) is 0 Å². The Hall–Kier alpha value is 0.137. The fraction of sp³-hybridized carbons (Fsp3) is 1.00. The zero-order chi connectivity index (χ0) is 6.95. The average Bonchev–Trinajstić information content (AvgIpc) is 1.89. The van der Waals surface area contributed by atoms with E-state index in [1.807, 2.05) is 6.92 Å². The van der Waals surface area contributed by atoms with Crippen LogP contribution in [0.25, 0.3) is 0 Å². The first-order valence-corrected chi connectivity index (χ1v) is 5.69. The van der Waals surface area contributed by atoms with Gasteiger partial charge in [-0.1, -0.05) is 6.04 Å². The molecule has 0 saturated heterocycles. The van der Waals surface area contributed by atoms with Crippen molar-refractivity contribution in [2.75, 3.05) is 19.4 Å². The summed E-state index contributed by atoms with van der Waals surface area (Å²) in [6, 6.07) is 1.34. The van der Waals surface area contributed by atoms with Gasteiger partial charge in [-0.2, -0.15) is 0 Å². The van der Waals surface area contributed by atoms with Crippen LogP contribution in [0.2, 0.25) is 6.04 Å². The Morgan fingerprint density at radius 1 is 1.56 bits per heavy atom. The Morgan fingerprint density at radius 3 is 2.89 bits per heavy atom. The molecule has 56 valence electrons. The minimum absolute atomic E-state index is 0.0871. The third-order valence-corrected chi connectivity index (χ3v) is 2.77. The number of hydrogen-bond donors (Lipinski definition) is 1. The van der Waals surface area contributed by atoms with Gasteiger partial charge in [0.25, 0.3) is 0 Å². The minimum atomic E-state index is 0.0871. The van der Waals surface area contributed by atoms with E-state index in [9.17, 15) is 0 Å². The van der Waals surface area contributed by atoms with Crippen molar-refractivity contribution in [3.63, 3.8) is 0 Å². The van der Waals surface area contributed by atoms with Crippen LogP contribution in [0, 0.1) is 0 Å². The molecule has 0 saturated carbocycles. The summed E-state index contributed by atoms with van der Waals surface area (Å²) in [5, 5.41) is 0. The van der Waals surface area contributed by atoms with Gasteiger partial charge in [0.15, 0.2) is 0 Å². The van der Waals surface area contributed by atoms with E-state index in [1.54, 1.807) is 0 Å². The highest BCUT2D eigenvalue weighted by Gasteiger charge is 1.86. The van der Waals surface area contributed by atoms with E-state index in [0.717, 1.165) is 19.4 Å². The highest BCUT2D eigenvalue weighted by atomic mass is 28.2. The molecule has 0 aliphatic rings. The van der Waals surface area contributed by atoms with Gasteiger partial charge in [-0.15, -0.1) is 0 Å². The Kier molecular flexibility index (Phi) is 8.26. The Balaban J connectivity index is 2.60. The molecule has 0 heterocycles. The second-order valence-electron chi connectivity index (χ2n) is 2.05. The molecule has 0 atom stereocenters. The molecule has 0 bridgehead atoms.